The normalized spacial score (nSPS) is 26.9. The molecule has 8 heteroatoms. The van der Waals surface area contributed by atoms with Crippen molar-refractivity contribution in [2.75, 3.05) is 39.0 Å². The zero-order valence-corrected chi connectivity index (χ0v) is 22.7. The van der Waals surface area contributed by atoms with Crippen molar-refractivity contribution in [3.05, 3.63) is 65.7 Å². The van der Waals surface area contributed by atoms with Gasteiger partial charge in [0.2, 0.25) is 0 Å². The molecular weight excluding hydrogens is 485 g/mol. The van der Waals surface area contributed by atoms with Crippen molar-refractivity contribution in [3.63, 3.8) is 0 Å². The molecule has 2 aliphatic rings. The Labute approximate surface area is 222 Å². The van der Waals surface area contributed by atoms with Gasteiger partial charge in [0.1, 0.15) is 0 Å². The molecular formula is C27H41Cl2N3O3. The van der Waals surface area contributed by atoms with Crippen molar-refractivity contribution in [1.29, 1.82) is 0 Å². The van der Waals surface area contributed by atoms with E-state index in [4.69, 9.17) is 10.8 Å². The maximum absolute atomic E-state index is 11.8. The Morgan fingerprint density at radius 3 is 2.14 bits per heavy atom. The van der Waals surface area contributed by atoms with Gasteiger partial charge in [-0.1, -0.05) is 43.7 Å². The summed E-state index contributed by atoms with van der Waals surface area (Å²) in [5, 5.41) is 20.3. The van der Waals surface area contributed by atoms with Crippen LogP contribution >= 0.6 is 24.8 Å². The molecule has 2 aromatic rings. The van der Waals surface area contributed by atoms with Gasteiger partial charge in [-0.2, -0.15) is 0 Å². The average molecular weight is 527 g/mol. The smallest absolute Gasteiger partial charge is 0.335 e. The molecule has 6 nitrogen and oxygen atoms in total. The number of nitrogen functional groups attached to an aromatic ring is 1. The summed E-state index contributed by atoms with van der Waals surface area (Å²) in [7, 11) is 2.20. The minimum absolute atomic E-state index is 0. The van der Waals surface area contributed by atoms with Gasteiger partial charge < -0.3 is 25.7 Å². The molecule has 2 saturated heterocycles. The number of piperidine rings is 2. The van der Waals surface area contributed by atoms with Gasteiger partial charge in [-0.3, -0.25) is 0 Å². The Kier molecular flexibility index (Phi) is 12.0. The number of benzene rings is 2. The van der Waals surface area contributed by atoms with Crippen LogP contribution < -0.4 is 5.73 Å². The van der Waals surface area contributed by atoms with Gasteiger partial charge in [0.15, 0.2) is 0 Å². The Hall–Kier alpha value is -1.83. The maximum Gasteiger partial charge on any atom is 0.335 e. The lowest BCUT2D eigenvalue weighted by atomic mass is 9.63. The van der Waals surface area contributed by atoms with Crippen LogP contribution in [-0.2, 0) is 5.60 Å². The van der Waals surface area contributed by atoms with Gasteiger partial charge in [-0.05, 0) is 76.2 Å². The van der Waals surface area contributed by atoms with Gasteiger partial charge in [0, 0.05) is 30.2 Å². The SMILES string of the molecule is CC1CC(O)(c2ccccc2)C(C)(CN2CCCCC2)CN1C.Cl.Cl.Nc1ccc(C(=O)O)cc1. The fraction of sp³-hybridized carbons (Fsp3) is 0.519. The van der Waals surface area contributed by atoms with E-state index in [0.29, 0.717) is 11.7 Å². The summed E-state index contributed by atoms with van der Waals surface area (Å²) in [6.45, 7) is 8.80. The number of hydrogen-bond acceptors (Lipinski definition) is 5. The van der Waals surface area contributed by atoms with Crippen LogP contribution in [0.4, 0.5) is 5.69 Å². The number of rotatable bonds is 4. The monoisotopic (exact) mass is 525 g/mol. The maximum atomic E-state index is 11.8. The topological polar surface area (TPSA) is 90.0 Å². The molecule has 0 spiro atoms. The highest BCUT2D eigenvalue weighted by atomic mass is 35.5. The van der Waals surface area contributed by atoms with Crippen molar-refractivity contribution in [2.24, 2.45) is 5.41 Å². The number of carbonyl (C=O) groups is 1. The Balaban J connectivity index is 0.000000435. The summed E-state index contributed by atoms with van der Waals surface area (Å²) < 4.78 is 0. The second-order valence-corrected chi connectivity index (χ2v) is 10.0. The molecule has 0 bridgehead atoms. The third kappa shape index (κ3) is 7.58. The molecule has 0 radical (unpaired) electrons. The summed E-state index contributed by atoms with van der Waals surface area (Å²) in [6.07, 6.45) is 4.75. The predicted octanol–water partition coefficient (Wildman–Crippen LogP) is 4.90. The van der Waals surface area contributed by atoms with Crippen LogP contribution in [0.2, 0.25) is 0 Å². The van der Waals surface area contributed by atoms with Crippen LogP contribution in [0.1, 0.15) is 55.5 Å². The van der Waals surface area contributed by atoms with Gasteiger partial charge in [-0.25, -0.2) is 4.79 Å². The van der Waals surface area contributed by atoms with Crippen LogP contribution in [0.25, 0.3) is 0 Å². The molecule has 3 unspecified atom stereocenters. The van der Waals surface area contributed by atoms with Gasteiger partial charge >= 0.3 is 5.97 Å². The van der Waals surface area contributed by atoms with E-state index in [0.717, 1.165) is 25.1 Å². The summed E-state index contributed by atoms with van der Waals surface area (Å²) in [5.74, 6) is -0.931. The van der Waals surface area contributed by atoms with Crippen LogP contribution in [0, 0.1) is 5.41 Å². The molecule has 2 aliphatic heterocycles. The van der Waals surface area contributed by atoms with E-state index in [1.165, 1.54) is 44.5 Å². The number of carboxylic acids is 1. The number of nitrogens with two attached hydrogens (primary N) is 1. The lowest BCUT2D eigenvalue weighted by Crippen LogP contribution is -2.62. The zero-order valence-electron chi connectivity index (χ0n) is 21.0. The van der Waals surface area contributed by atoms with Crippen molar-refractivity contribution < 1.29 is 15.0 Å². The second-order valence-electron chi connectivity index (χ2n) is 10.0. The fourth-order valence-corrected chi connectivity index (χ4v) is 5.26. The van der Waals surface area contributed by atoms with Crippen molar-refractivity contribution in [1.82, 2.24) is 9.80 Å². The number of hydrogen-bond donors (Lipinski definition) is 3. The highest BCUT2D eigenvalue weighted by Crippen LogP contribution is 2.48. The fourth-order valence-electron chi connectivity index (χ4n) is 5.26. The lowest BCUT2D eigenvalue weighted by Gasteiger charge is -2.55. The van der Waals surface area contributed by atoms with E-state index in [1.54, 1.807) is 12.1 Å². The number of halogens is 2. The van der Waals surface area contributed by atoms with E-state index in [2.05, 4.69) is 55.0 Å². The predicted molar refractivity (Wildman–Crippen MR) is 148 cm³/mol. The molecule has 2 fully saturated rings. The second kappa shape index (κ2) is 13.5. The summed E-state index contributed by atoms with van der Waals surface area (Å²) in [5.41, 5.74) is 6.35. The minimum atomic E-state index is -0.931. The number of nitrogens with zero attached hydrogens (tertiary/aromatic N) is 2. The first-order valence-electron chi connectivity index (χ1n) is 11.9. The molecule has 0 aromatic heterocycles. The van der Waals surface area contributed by atoms with Gasteiger partial charge in [0.25, 0.3) is 0 Å². The minimum Gasteiger partial charge on any atom is -0.478 e. The first-order valence-corrected chi connectivity index (χ1v) is 11.9. The van der Waals surface area contributed by atoms with Gasteiger partial charge in [0.05, 0.1) is 11.2 Å². The van der Waals surface area contributed by atoms with E-state index < -0.39 is 11.6 Å². The van der Waals surface area contributed by atoms with Crippen LogP contribution in [0.3, 0.4) is 0 Å². The number of carboxylic acid groups (broad SMARTS) is 1. The van der Waals surface area contributed by atoms with E-state index in [1.807, 2.05) is 6.07 Å². The molecule has 0 amide bonds. The number of anilines is 1. The zero-order chi connectivity index (χ0) is 24.1. The van der Waals surface area contributed by atoms with Crippen LogP contribution in [0.5, 0.6) is 0 Å². The number of aliphatic hydroxyl groups is 1. The summed E-state index contributed by atoms with van der Waals surface area (Å²) in [6, 6.07) is 16.8. The van der Waals surface area contributed by atoms with Crippen LogP contribution in [0.15, 0.2) is 54.6 Å². The highest BCUT2D eigenvalue weighted by Gasteiger charge is 2.53. The Morgan fingerprint density at radius 1 is 1.03 bits per heavy atom. The summed E-state index contributed by atoms with van der Waals surface area (Å²) >= 11 is 0. The largest absolute Gasteiger partial charge is 0.478 e. The molecule has 2 heterocycles. The van der Waals surface area contributed by atoms with E-state index in [9.17, 15) is 9.90 Å². The molecule has 2 aromatic carbocycles. The molecule has 0 saturated carbocycles. The van der Waals surface area contributed by atoms with Crippen molar-refractivity contribution in [2.45, 2.75) is 51.2 Å². The first-order chi connectivity index (χ1) is 15.6. The molecule has 35 heavy (non-hydrogen) atoms. The number of aromatic carboxylic acids is 1. The average Bonchev–Trinajstić information content (AvgIpc) is 2.80. The first kappa shape index (κ1) is 31.2. The van der Waals surface area contributed by atoms with Crippen molar-refractivity contribution >= 4 is 36.5 Å². The molecule has 4 rings (SSSR count). The van der Waals surface area contributed by atoms with Gasteiger partial charge in [-0.15, -0.1) is 24.8 Å². The molecule has 196 valence electrons. The summed E-state index contributed by atoms with van der Waals surface area (Å²) in [4.78, 5) is 15.3. The quantitative estimate of drug-likeness (QED) is 0.491. The van der Waals surface area contributed by atoms with Crippen molar-refractivity contribution in [3.8, 4) is 0 Å². The molecule has 4 N–H and O–H groups in total. The number of likely N-dealkylation sites (tertiary alicyclic amines) is 2. The van der Waals surface area contributed by atoms with E-state index >= 15 is 0 Å². The standard InChI is InChI=1S/C20H32N2O.C7H7NO2.2ClH/c1-17-14-20(23,18-10-6-4-7-11-18)19(2,15-21(17)3)16-22-12-8-5-9-13-22;8-6-3-1-5(2-4-6)7(9)10;;/h4,6-7,10-11,17,23H,5,8-9,12-16H2,1-3H3;1-4H,8H2,(H,9,10);2*1H. The highest BCUT2D eigenvalue weighted by molar-refractivity contribution is 5.87. The Bertz CT molecular complexity index is 910. The third-order valence-electron chi connectivity index (χ3n) is 7.37. The van der Waals surface area contributed by atoms with E-state index in [-0.39, 0.29) is 35.8 Å². The molecule has 3 atom stereocenters. The third-order valence-corrected chi connectivity index (χ3v) is 7.37. The lowest BCUT2D eigenvalue weighted by molar-refractivity contribution is -0.155. The molecule has 0 aliphatic carbocycles. The Morgan fingerprint density at radius 2 is 1.60 bits per heavy atom. The van der Waals surface area contributed by atoms with Crippen LogP contribution in [-0.4, -0.2) is 65.3 Å².